The van der Waals surface area contributed by atoms with Crippen LogP contribution in [-0.4, -0.2) is 30.1 Å². The highest BCUT2D eigenvalue weighted by Gasteiger charge is 2.26. The standard InChI is InChI=1S/C21H19BrN2O2S/c22-17-10-8-16(9-11-17)20(25)24(13-18-7-4-12-26-18)21-23-19(14-27-21)15-5-2-1-3-6-15/h1-3,5-6,8-11,14,18H,4,7,12-13H2/t18-/m0/s1. The molecule has 0 N–H and O–H groups in total. The highest BCUT2D eigenvalue weighted by Crippen LogP contribution is 2.29. The van der Waals surface area contributed by atoms with Crippen molar-refractivity contribution in [3.63, 3.8) is 0 Å². The third kappa shape index (κ3) is 4.29. The quantitative estimate of drug-likeness (QED) is 0.531. The number of anilines is 1. The molecule has 27 heavy (non-hydrogen) atoms. The van der Waals surface area contributed by atoms with E-state index in [1.807, 2.05) is 60.0 Å². The van der Waals surface area contributed by atoms with Crippen molar-refractivity contribution in [2.75, 3.05) is 18.1 Å². The lowest BCUT2D eigenvalue weighted by Gasteiger charge is -2.23. The molecule has 1 amide bonds. The molecule has 0 unspecified atom stereocenters. The topological polar surface area (TPSA) is 42.4 Å². The molecule has 138 valence electrons. The first-order valence-corrected chi connectivity index (χ1v) is 10.6. The van der Waals surface area contributed by atoms with Crippen molar-refractivity contribution in [1.29, 1.82) is 0 Å². The zero-order chi connectivity index (χ0) is 18.6. The minimum atomic E-state index is -0.0491. The lowest BCUT2D eigenvalue weighted by molar-refractivity contribution is 0.0917. The van der Waals surface area contributed by atoms with Crippen LogP contribution in [0.15, 0.2) is 64.5 Å². The Hall–Kier alpha value is -2.02. The summed E-state index contributed by atoms with van der Waals surface area (Å²) in [6.45, 7) is 1.29. The number of thiazole rings is 1. The van der Waals surface area contributed by atoms with E-state index < -0.39 is 0 Å². The predicted molar refractivity (Wildman–Crippen MR) is 112 cm³/mol. The zero-order valence-corrected chi connectivity index (χ0v) is 17.1. The maximum absolute atomic E-state index is 13.2. The Morgan fingerprint density at radius 2 is 1.96 bits per heavy atom. The van der Waals surface area contributed by atoms with Crippen molar-refractivity contribution in [2.24, 2.45) is 0 Å². The summed E-state index contributed by atoms with van der Waals surface area (Å²) in [6.07, 6.45) is 2.08. The molecular formula is C21H19BrN2O2S. The van der Waals surface area contributed by atoms with E-state index in [0.717, 1.165) is 35.2 Å². The Morgan fingerprint density at radius 3 is 2.67 bits per heavy atom. The van der Waals surface area contributed by atoms with Gasteiger partial charge in [0.1, 0.15) is 0 Å². The molecule has 1 atom stereocenters. The van der Waals surface area contributed by atoms with Gasteiger partial charge in [0.15, 0.2) is 5.13 Å². The molecule has 3 aromatic rings. The van der Waals surface area contributed by atoms with Crippen molar-refractivity contribution >= 4 is 38.3 Å². The first-order chi connectivity index (χ1) is 13.2. The van der Waals surface area contributed by atoms with Crippen LogP contribution in [0.1, 0.15) is 23.2 Å². The predicted octanol–water partition coefficient (Wildman–Crippen LogP) is 5.40. The van der Waals surface area contributed by atoms with Crippen LogP contribution >= 0.6 is 27.3 Å². The van der Waals surface area contributed by atoms with Gasteiger partial charge in [0.2, 0.25) is 0 Å². The van der Waals surface area contributed by atoms with Gasteiger partial charge in [-0.3, -0.25) is 9.69 Å². The average molecular weight is 443 g/mol. The van der Waals surface area contributed by atoms with Crippen LogP contribution in [0.2, 0.25) is 0 Å². The van der Waals surface area contributed by atoms with Gasteiger partial charge in [0.25, 0.3) is 5.91 Å². The highest BCUT2D eigenvalue weighted by molar-refractivity contribution is 9.10. The first-order valence-electron chi connectivity index (χ1n) is 8.91. The molecule has 0 aliphatic carbocycles. The summed E-state index contributed by atoms with van der Waals surface area (Å²) in [5.41, 5.74) is 2.58. The number of aromatic nitrogens is 1. The summed E-state index contributed by atoms with van der Waals surface area (Å²) in [7, 11) is 0. The molecule has 1 saturated heterocycles. The maximum atomic E-state index is 13.2. The Kier molecular flexibility index (Phi) is 5.66. The third-order valence-electron chi connectivity index (χ3n) is 4.54. The molecule has 4 rings (SSSR count). The second kappa shape index (κ2) is 8.33. The number of halogens is 1. The minimum absolute atomic E-state index is 0.0491. The molecule has 4 nitrogen and oxygen atoms in total. The van der Waals surface area contributed by atoms with Gasteiger partial charge in [-0.25, -0.2) is 4.98 Å². The fourth-order valence-electron chi connectivity index (χ4n) is 3.12. The van der Waals surface area contributed by atoms with Gasteiger partial charge >= 0.3 is 0 Å². The molecule has 1 fully saturated rings. The minimum Gasteiger partial charge on any atom is -0.376 e. The van der Waals surface area contributed by atoms with E-state index in [1.165, 1.54) is 11.3 Å². The van der Waals surface area contributed by atoms with Crippen LogP contribution in [-0.2, 0) is 4.74 Å². The van der Waals surface area contributed by atoms with Crippen LogP contribution in [0.3, 0.4) is 0 Å². The maximum Gasteiger partial charge on any atom is 0.260 e. The van der Waals surface area contributed by atoms with Crippen LogP contribution in [0.4, 0.5) is 5.13 Å². The Balaban J connectivity index is 1.64. The lowest BCUT2D eigenvalue weighted by Crippen LogP contribution is -2.37. The Morgan fingerprint density at radius 1 is 1.19 bits per heavy atom. The number of ether oxygens (including phenoxy) is 1. The van der Waals surface area contributed by atoms with Gasteiger partial charge in [-0.2, -0.15) is 0 Å². The number of nitrogens with zero attached hydrogens (tertiary/aromatic N) is 2. The summed E-state index contributed by atoms with van der Waals surface area (Å²) >= 11 is 4.91. The molecule has 1 aliphatic heterocycles. The molecule has 0 radical (unpaired) electrons. The SMILES string of the molecule is O=C(c1ccc(Br)cc1)N(C[C@@H]1CCCO1)c1nc(-c2ccccc2)cs1. The van der Waals surface area contributed by atoms with E-state index in [0.29, 0.717) is 17.2 Å². The average Bonchev–Trinajstić information content (AvgIpc) is 3.39. The number of hydrogen-bond acceptors (Lipinski definition) is 4. The van der Waals surface area contributed by atoms with E-state index in [-0.39, 0.29) is 12.0 Å². The molecule has 6 heteroatoms. The van der Waals surface area contributed by atoms with E-state index in [1.54, 1.807) is 4.90 Å². The van der Waals surface area contributed by atoms with Crippen LogP contribution in [0.5, 0.6) is 0 Å². The van der Waals surface area contributed by atoms with E-state index >= 15 is 0 Å². The number of rotatable bonds is 5. The van der Waals surface area contributed by atoms with Gasteiger partial charge in [0.05, 0.1) is 18.3 Å². The number of hydrogen-bond donors (Lipinski definition) is 0. The van der Waals surface area contributed by atoms with Crippen LogP contribution in [0, 0.1) is 0 Å². The molecule has 1 aromatic heterocycles. The largest absolute Gasteiger partial charge is 0.376 e. The third-order valence-corrected chi connectivity index (χ3v) is 5.93. The fourth-order valence-corrected chi connectivity index (χ4v) is 4.22. The number of amides is 1. The summed E-state index contributed by atoms with van der Waals surface area (Å²) in [5.74, 6) is -0.0491. The number of carbonyl (C=O) groups is 1. The second-order valence-corrected chi connectivity index (χ2v) is 8.19. The number of carbonyl (C=O) groups excluding carboxylic acids is 1. The van der Waals surface area contributed by atoms with Gasteiger partial charge in [-0.1, -0.05) is 46.3 Å². The normalized spacial score (nSPS) is 16.4. The van der Waals surface area contributed by atoms with Crippen molar-refractivity contribution in [3.8, 4) is 11.3 Å². The van der Waals surface area contributed by atoms with E-state index in [4.69, 9.17) is 9.72 Å². The molecule has 0 spiro atoms. The first kappa shape index (κ1) is 18.3. The molecule has 0 saturated carbocycles. The summed E-state index contributed by atoms with van der Waals surface area (Å²) in [6, 6.07) is 17.5. The summed E-state index contributed by atoms with van der Waals surface area (Å²) in [5, 5.41) is 2.71. The highest BCUT2D eigenvalue weighted by atomic mass is 79.9. The monoisotopic (exact) mass is 442 g/mol. The molecule has 2 aromatic carbocycles. The van der Waals surface area contributed by atoms with Gasteiger partial charge in [0, 0.05) is 27.6 Å². The smallest absolute Gasteiger partial charge is 0.260 e. The number of benzene rings is 2. The van der Waals surface area contributed by atoms with Crippen molar-refractivity contribution in [2.45, 2.75) is 18.9 Å². The van der Waals surface area contributed by atoms with Crippen LogP contribution in [0.25, 0.3) is 11.3 Å². The van der Waals surface area contributed by atoms with Gasteiger partial charge < -0.3 is 4.74 Å². The van der Waals surface area contributed by atoms with Gasteiger partial charge in [-0.05, 0) is 37.1 Å². The summed E-state index contributed by atoms with van der Waals surface area (Å²) in [4.78, 5) is 19.7. The van der Waals surface area contributed by atoms with Crippen LogP contribution < -0.4 is 4.90 Å². The second-order valence-electron chi connectivity index (χ2n) is 6.44. The molecular weight excluding hydrogens is 424 g/mol. The Labute approximate surface area is 170 Å². The zero-order valence-electron chi connectivity index (χ0n) is 14.7. The van der Waals surface area contributed by atoms with E-state index in [2.05, 4.69) is 15.9 Å². The molecule has 1 aliphatic rings. The molecule has 0 bridgehead atoms. The lowest BCUT2D eigenvalue weighted by atomic mass is 10.1. The van der Waals surface area contributed by atoms with Crippen molar-refractivity contribution < 1.29 is 9.53 Å². The van der Waals surface area contributed by atoms with Crippen molar-refractivity contribution in [3.05, 3.63) is 70.0 Å². The van der Waals surface area contributed by atoms with E-state index in [9.17, 15) is 4.79 Å². The Bertz CT molecular complexity index is 905. The fraction of sp³-hybridized carbons (Fsp3) is 0.238. The van der Waals surface area contributed by atoms with Gasteiger partial charge in [-0.15, -0.1) is 11.3 Å². The summed E-state index contributed by atoms with van der Waals surface area (Å²) < 4.78 is 6.73. The van der Waals surface area contributed by atoms with Crippen molar-refractivity contribution in [1.82, 2.24) is 4.98 Å². The molecule has 2 heterocycles.